The minimum atomic E-state index is 0.722. The molecule has 1 N–H and O–H groups in total. The Morgan fingerprint density at radius 2 is 2.00 bits per heavy atom. The van der Waals surface area contributed by atoms with Gasteiger partial charge in [-0.3, -0.25) is 0 Å². The smallest absolute Gasteiger partial charge is 0.0589 e. The van der Waals surface area contributed by atoms with Gasteiger partial charge in [0.15, 0.2) is 0 Å². The molecule has 3 heteroatoms. The average molecular weight is 270 g/mol. The van der Waals surface area contributed by atoms with Gasteiger partial charge in [-0.25, -0.2) is 0 Å². The number of hydrogen-bond acceptors (Lipinski definition) is 3. The zero-order chi connectivity index (χ0) is 14.3. The van der Waals surface area contributed by atoms with Gasteiger partial charge >= 0.3 is 0 Å². The van der Waals surface area contributed by atoms with Gasteiger partial charge in [0.05, 0.1) is 6.61 Å². The summed E-state index contributed by atoms with van der Waals surface area (Å²) in [5.41, 5.74) is 0. The van der Waals surface area contributed by atoms with Crippen LogP contribution in [-0.2, 0) is 4.74 Å². The van der Waals surface area contributed by atoms with Crippen molar-refractivity contribution in [2.75, 3.05) is 40.4 Å². The van der Waals surface area contributed by atoms with Gasteiger partial charge in [-0.1, -0.05) is 27.2 Å². The topological polar surface area (TPSA) is 24.5 Å². The van der Waals surface area contributed by atoms with Crippen LogP contribution in [0.3, 0.4) is 0 Å². The molecule has 3 atom stereocenters. The first-order chi connectivity index (χ1) is 9.04. The van der Waals surface area contributed by atoms with Crippen molar-refractivity contribution in [3.05, 3.63) is 0 Å². The van der Waals surface area contributed by atoms with Crippen molar-refractivity contribution in [2.45, 2.75) is 46.1 Å². The molecule has 0 aromatic carbocycles. The first kappa shape index (κ1) is 16.9. The molecule has 1 aliphatic rings. The maximum Gasteiger partial charge on any atom is 0.0589 e. The molecule has 1 rings (SSSR count). The summed E-state index contributed by atoms with van der Waals surface area (Å²) in [6.45, 7) is 11.2. The summed E-state index contributed by atoms with van der Waals surface area (Å²) in [6, 6.07) is 0.722. The van der Waals surface area contributed by atoms with Crippen LogP contribution in [0.5, 0.6) is 0 Å². The molecule has 1 aliphatic carbocycles. The van der Waals surface area contributed by atoms with Crippen molar-refractivity contribution in [3.8, 4) is 0 Å². The van der Waals surface area contributed by atoms with Gasteiger partial charge in [0, 0.05) is 32.8 Å². The highest BCUT2D eigenvalue weighted by molar-refractivity contribution is 4.85. The molecule has 0 aromatic rings. The molecule has 0 saturated heterocycles. The Morgan fingerprint density at radius 1 is 1.26 bits per heavy atom. The largest absolute Gasteiger partial charge is 0.383 e. The Hall–Kier alpha value is -0.120. The third kappa shape index (κ3) is 6.24. The minimum absolute atomic E-state index is 0.722. The molecule has 0 aliphatic heterocycles. The zero-order valence-corrected chi connectivity index (χ0v) is 13.6. The van der Waals surface area contributed by atoms with E-state index in [1.54, 1.807) is 7.11 Å². The van der Waals surface area contributed by atoms with Crippen molar-refractivity contribution in [3.63, 3.8) is 0 Å². The number of nitrogens with zero attached hydrogens (tertiary/aromatic N) is 1. The van der Waals surface area contributed by atoms with E-state index in [2.05, 4.69) is 38.0 Å². The predicted molar refractivity (Wildman–Crippen MR) is 82.5 cm³/mol. The SMILES string of the molecule is COCCN(C)CCNC1CC(C)CCC1C(C)C. The van der Waals surface area contributed by atoms with Gasteiger partial charge in [-0.2, -0.15) is 0 Å². The number of nitrogens with one attached hydrogen (secondary N) is 1. The minimum Gasteiger partial charge on any atom is -0.383 e. The fourth-order valence-electron chi connectivity index (χ4n) is 3.24. The van der Waals surface area contributed by atoms with E-state index < -0.39 is 0 Å². The van der Waals surface area contributed by atoms with Crippen LogP contribution in [-0.4, -0.2) is 51.3 Å². The Morgan fingerprint density at radius 3 is 2.63 bits per heavy atom. The summed E-state index contributed by atoms with van der Waals surface area (Å²) in [7, 11) is 3.94. The normalized spacial score (nSPS) is 28.3. The molecule has 19 heavy (non-hydrogen) atoms. The lowest BCUT2D eigenvalue weighted by Gasteiger charge is -2.38. The van der Waals surface area contributed by atoms with Gasteiger partial charge in [-0.05, 0) is 37.6 Å². The maximum absolute atomic E-state index is 5.11. The maximum atomic E-state index is 5.11. The van der Waals surface area contributed by atoms with Crippen LogP contribution in [0, 0.1) is 17.8 Å². The van der Waals surface area contributed by atoms with Crippen LogP contribution in [0.4, 0.5) is 0 Å². The lowest BCUT2D eigenvalue weighted by atomic mass is 9.74. The lowest BCUT2D eigenvalue weighted by Crippen LogP contribution is -2.45. The second-order valence-electron chi connectivity index (χ2n) is 6.68. The highest BCUT2D eigenvalue weighted by atomic mass is 16.5. The number of rotatable bonds is 8. The zero-order valence-electron chi connectivity index (χ0n) is 13.6. The van der Waals surface area contributed by atoms with Gasteiger partial charge in [0.25, 0.3) is 0 Å². The van der Waals surface area contributed by atoms with E-state index in [0.717, 1.165) is 50.0 Å². The number of ether oxygens (including phenoxy) is 1. The monoisotopic (exact) mass is 270 g/mol. The molecule has 114 valence electrons. The number of likely N-dealkylation sites (N-methyl/N-ethyl adjacent to an activating group) is 1. The summed E-state index contributed by atoms with van der Waals surface area (Å²) in [4.78, 5) is 2.34. The van der Waals surface area contributed by atoms with E-state index in [9.17, 15) is 0 Å². The number of hydrogen-bond donors (Lipinski definition) is 1. The van der Waals surface area contributed by atoms with Crippen molar-refractivity contribution >= 4 is 0 Å². The van der Waals surface area contributed by atoms with Crippen molar-refractivity contribution in [1.82, 2.24) is 10.2 Å². The second-order valence-corrected chi connectivity index (χ2v) is 6.68. The molecule has 0 bridgehead atoms. The molecule has 1 saturated carbocycles. The summed E-state index contributed by atoms with van der Waals surface area (Å²) in [5.74, 6) is 2.55. The van der Waals surface area contributed by atoms with Crippen LogP contribution in [0.15, 0.2) is 0 Å². The molecular weight excluding hydrogens is 236 g/mol. The van der Waals surface area contributed by atoms with Crippen molar-refractivity contribution in [1.29, 1.82) is 0 Å². The van der Waals surface area contributed by atoms with E-state index in [4.69, 9.17) is 4.74 Å². The number of methoxy groups -OCH3 is 1. The van der Waals surface area contributed by atoms with Crippen LogP contribution in [0.2, 0.25) is 0 Å². The van der Waals surface area contributed by atoms with E-state index >= 15 is 0 Å². The molecule has 0 aromatic heterocycles. The molecule has 0 heterocycles. The molecule has 0 spiro atoms. The fraction of sp³-hybridized carbons (Fsp3) is 1.00. The van der Waals surface area contributed by atoms with Crippen LogP contribution < -0.4 is 5.32 Å². The van der Waals surface area contributed by atoms with E-state index in [1.807, 2.05) is 0 Å². The van der Waals surface area contributed by atoms with Gasteiger partial charge in [-0.15, -0.1) is 0 Å². The van der Waals surface area contributed by atoms with Crippen molar-refractivity contribution < 1.29 is 4.74 Å². The molecule has 1 fully saturated rings. The van der Waals surface area contributed by atoms with Gasteiger partial charge < -0.3 is 15.0 Å². The first-order valence-electron chi connectivity index (χ1n) is 7.95. The third-order valence-corrected chi connectivity index (χ3v) is 4.60. The molecule has 0 radical (unpaired) electrons. The van der Waals surface area contributed by atoms with Gasteiger partial charge in [0.1, 0.15) is 0 Å². The molecular formula is C16H34N2O. The summed E-state index contributed by atoms with van der Waals surface area (Å²) in [5, 5.41) is 3.81. The fourth-order valence-corrected chi connectivity index (χ4v) is 3.24. The lowest BCUT2D eigenvalue weighted by molar-refractivity contribution is 0.150. The standard InChI is InChI=1S/C16H34N2O/c1-13(2)15-7-6-14(3)12-16(15)17-8-9-18(4)10-11-19-5/h13-17H,6-12H2,1-5H3. The highest BCUT2D eigenvalue weighted by Gasteiger charge is 2.29. The van der Waals surface area contributed by atoms with Crippen LogP contribution in [0.1, 0.15) is 40.0 Å². The van der Waals surface area contributed by atoms with Crippen molar-refractivity contribution in [2.24, 2.45) is 17.8 Å². The average Bonchev–Trinajstić information content (AvgIpc) is 2.36. The highest BCUT2D eigenvalue weighted by Crippen LogP contribution is 2.33. The van der Waals surface area contributed by atoms with Crippen LogP contribution in [0.25, 0.3) is 0 Å². The van der Waals surface area contributed by atoms with E-state index in [-0.39, 0.29) is 0 Å². The van der Waals surface area contributed by atoms with E-state index in [1.165, 1.54) is 19.3 Å². The Bertz CT molecular complexity index is 233. The first-order valence-corrected chi connectivity index (χ1v) is 7.95. The van der Waals surface area contributed by atoms with E-state index in [0.29, 0.717) is 0 Å². The van der Waals surface area contributed by atoms with Gasteiger partial charge in [0.2, 0.25) is 0 Å². The Balaban J connectivity index is 2.28. The third-order valence-electron chi connectivity index (χ3n) is 4.60. The molecule has 3 nitrogen and oxygen atoms in total. The Kier molecular flexibility index (Phi) is 7.96. The summed E-state index contributed by atoms with van der Waals surface area (Å²) < 4.78 is 5.11. The Labute approximate surface area is 120 Å². The second kappa shape index (κ2) is 8.93. The molecule has 3 unspecified atom stereocenters. The summed E-state index contributed by atoms with van der Waals surface area (Å²) in [6.07, 6.45) is 4.16. The summed E-state index contributed by atoms with van der Waals surface area (Å²) >= 11 is 0. The quantitative estimate of drug-likeness (QED) is 0.734. The van der Waals surface area contributed by atoms with Crippen LogP contribution >= 0.6 is 0 Å². The molecule has 0 amide bonds. The predicted octanol–water partition coefficient (Wildman–Crippen LogP) is 2.62.